The standard InChI is InChI=1S/C15H19BrFN/c16-13-7-11(3-4-14(13)17)15(18)8-12-6-9-1-2-10(12)5-9/h3-4,7,9-10,12,15H,1-2,5-6,8,18H2. The maximum atomic E-state index is 13.2. The Kier molecular flexibility index (Phi) is 3.46. The van der Waals surface area contributed by atoms with Gasteiger partial charge in [-0.2, -0.15) is 0 Å². The fraction of sp³-hybridized carbons (Fsp3) is 0.600. The molecule has 3 rings (SSSR count). The molecule has 0 heterocycles. The summed E-state index contributed by atoms with van der Waals surface area (Å²) in [5.74, 6) is 2.45. The highest BCUT2D eigenvalue weighted by Gasteiger charge is 2.39. The number of halogens is 2. The average molecular weight is 312 g/mol. The summed E-state index contributed by atoms with van der Waals surface area (Å²) in [6, 6.07) is 5.19. The smallest absolute Gasteiger partial charge is 0.137 e. The highest BCUT2D eigenvalue weighted by Crippen LogP contribution is 2.50. The largest absolute Gasteiger partial charge is 0.324 e. The molecular formula is C15H19BrFN. The van der Waals surface area contributed by atoms with Gasteiger partial charge in [0.1, 0.15) is 5.82 Å². The lowest BCUT2D eigenvalue weighted by Crippen LogP contribution is -2.19. The van der Waals surface area contributed by atoms with Crippen LogP contribution in [0.25, 0.3) is 0 Å². The number of fused-ring (bicyclic) bond motifs is 2. The van der Waals surface area contributed by atoms with Gasteiger partial charge in [-0.05, 0) is 77.1 Å². The number of hydrogen-bond acceptors (Lipinski definition) is 1. The van der Waals surface area contributed by atoms with E-state index in [-0.39, 0.29) is 11.9 Å². The Bertz CT molecular complexity index is 448. The Hall–Kier alpha value is -0.410. The predicted octanol–water partition coefficient (Wildman–Crippen LogP) is 4.41. The Morgan fingerprint density at radius 3 is 2.78 bits per heavy atom. The van der Waals surface area contributed by atoms with Gasteiger partial charge in [0.25, 0.3) is 0 Å². The van der Waals surface area contributed by atoms with Gasteiger partial charge in [-0.25, -0.2) is 4.39 Å². The molecule has 2 saturated carbocycles. The summed E-state index contributed by atoms with van der Waals surface area (Å²) < 4.78 is 13.7. The Balaban J connectivity index is 1.67. The summed E-state index contributed by atoms with van der Waals surface area (Å²) >= 11 is 3.23. The van der Waals surface area contributed by atoms with Gasteiger partial charge in [0.05, 0.1) is 4.47 Å². The minimum Gasteiger partial charge on any atom is -0.324 e. The van der Waals surface area contributed by atoms with Crippen molar-refractivity contribution in [3.63, 3.8) is 0 Å². The lowest BCUT2D eigenvalue weighted by atomic mass is 9.83. The van der Waals surface area contributed by atoms with Gasteiger partial charge in [-0.15, -0.1) is 0 Å². The van der Waals surface area contributed by atoms with Crippen LogP contribution in [-0.4, -0.2) is 0 Å². The molecule has 1 nitrogen and oxygen atoms in total. The highest BCUT2D eigenvalue weighted by molar-refractivity contribution is 9.10. The molecule has 2 N–H and O–H groups in total. The van der Waals surface area contributed by atoms with Crippen molar-refractivity contribution in [1.82, 2.24) is 0 Å². The molecule has 0 aliphatic heterocycles. The maximum absolute atomic E-state index is 13.2. The van der Waals surface area contributed by atoms with Gasteiger partial charge >= 0.3 is 0 Å². The molecule has 2 fully saturated rings. The Morgan fingerprint density at radius 1 is 1.33 bits per heavy atom. The van der Waals surface area contributed by atoms with Crippen molar-refractivity contribution in [3.05, 3.63) is 34.1 Å². The zero-order valence-corrected chi connectivity index (χ0v) is 12.0. The number of benzene rings is 1. The van der Waals surface area contributed by atoms with Gasteiger partial charge in [-0.3, -0.25) is 0 Å². The first-order valence-electron chi connectivity index (χ1n) is 6.84. The molecule has 0 saturated heterocycles. The van der Waals surface area contributed by atoms with Crippen molar-refractivity contribution in [2.75, 3.05) is 0 Å². The molecule has 0 aromatic heterocycles. The van der Waals surface area contributed by atoms with E-state index < -0.39 is 0 Å². The quantitative estimate of drug-likeness (QED) is 0.879. The third-order valence-corrected chi connectivity index (χ3v) is 5.42. The summed E-state index contributed by atoms with van der Waals surface area (Å²) in [6.45, 7) is 0. The normalized spacial score (nSPS) is 31.8. The molecule has 0 amide bonds. The fourth-order valence-electron chi connectivity index (χ4n) is 3.87. The first kappa shape index (κ1) is 12.6. The zero-order valence-electron chi connectivity index (χ0n) is 10.4. The minimum absolute atomic E-state index is 0.0475. The van der Waals surface area contributed by atoms with Crippen molar-refractivity contribution in [1.29, 1.82) is 0 Å². The van der Waals surface area contributed by atoms with Crippen LogP contribution in [0.1, 0.15) is 43.7 Å². The molecular weight excluding hydrogens is 293 g/mol. The SMILES string of the molecule is NC(CC1CC2CCC1C2)c1ccc(F)c(Br)c1. The van der Waals surface area contributed by atoms with Crippen LogP contribution < -0.4 is 5.73 Å². The third kappa shape index (κ3) is 2.35. The van der Waals surface area contributed by atoms with Gasteiger partial charge in [0.15, 0.2) is 0 Å². The third-order valence-electron chi connectivity index (χ3n) is 4.81. The van der Waals surface area contributed by atoms with E-state index in [0.717, 1.165) is 29.7 Å². The van der Waals surface area contributed by atoms with Crippen LogP contribution in [0.4, 0.5) is 4.39 Å². The fourth-order valence-corrected chi connectivity index (χ4v) is 4.27. The molecule has 2 bridgehead atoms. The van der Waals surface area contributed by atoms with E-state index in [1.807, 2.05) is 12.1 Å². The van der Waals surface area contributed by atoms with E-state index in [1.54, 1.807) is 0 Å². The van der Waals surface area contributed by atoms with E-state index in [1.165, 1.54) is 31.7 Å². The number of hydrogen-bond donors (Lipinski definition) is 1. The van der Waals surface area contributed by atoms with Gasteiger partial charge < -0.3 is 5.73 Å². The van der Waals surface area contributed by atoms with Crippen LogP contribution in [0.2, 0.25) is 0 Å². The molecule has 1 aromatic carbocycles. The summed E-state index contributed by atoms with van der Waals surface area (Å²) in [4.78, 5) is 0. The molecule has 4 unspecified atom stereocenters. The second kappa shape index (κ2) is 4.93. The van der Waals surface area contributed by atoms with Crippen LogP contribution in [-0.2, 0) is 0 Å². The van der Waals surface area contributed by atoms with Crippen molar-refractivity contribution in [3.8, 4) is 0 Å². The van der Waals surface area contributed by atoms with Gasteiger partial charge in [-0.1, -0.05) is 12.5 Å². The molecule has 4 atom stereocenters. The highest BCUT2D eigenvalue weighted by atomic mass is 79.9. The van der Waals surface area contributed by atoms with E-state index in [2.05, 4.69) is 15.9 Å². The first-order valence-corrected chi connectivity index (χ1v) is 7.63. The monoisotopic (exact) mass is 311 g/mol. The molecule has 1 aromatic rings. The van der Waals surface area contributed by atoms with E-state index >= 15 is 0 Å². The Labute approximate surface area is 116 Å². The summed E-state index contributed by atoms with van der Waals surface area (Å²) in [5, 5.41) is 0. The molecule has 0 spiro atoms. The molecule has 2 aliphatic carbocycles. The van der Waals surface area contributed by atoms with Crippen LogP contribution in [0.5, 0.6) is 0 Å². The second-order valence-electron chi connectivity index (χ2n) is 5.95. The molecule has 18 heavy (non-hydrogen) atoms. The number of rotatable bonds is 3. The second-order valence-corrected chi connectivity index (χ2v) is 6.81. The van der Waals surface area contributed by atoms with Crippen molar-refractivity contribution in [2.24, 2.45) is 23.5 Å². The van der Waals surface area contributed by atoms with E-state index in [9.17, 15) is 4.39 Å². The average Bonchev–Trinajstić information content (AvgIpc) is 2.94. The van der Waals surface area contributed by atoms with Crippen molar-refractivity contribution >= 4 is 15.9 Å². The van der Waals surface area contributed by atoms with E-state index in [4.69, 9.17) is 5.73 Å². The summed E-state index contributed by atoms with van der Waals surface area (Å²) in [7, 11) is 0. The zero-order chi connectivity index (χ0) is 12.7. The van der Waals surface area contributed by atoms with Crippen LogP contribution in [0, 0.1) is 23.6 Å². The molecule has 3 heteroatoms. The van der Waals surface area contributed by atoms with Gasteiger partial charge in [0.2, 0.25) is 0 Å². The van der Waals surface area contributed by atoms with Crippen LogP contribution in [0.3, 0.4) is 0 Å². The predicted molar refractivity (Wildman–Crippen MR) is 74.6 cm³/mol. The first-order chi connectivity index (χ1) is 8.63. The summed E-state index contributed by atoms with van der Waals surface area (Å²) in [6.07, 6.45) is 6.66. The molecule has 0 radical (unpaired) electrons. The molecule has 2 aliphatic rings. The summed E-state index contributed by atoms with van der Waals surface area (Å²) in [5.41, 5.74) is 7.33. The minimum atomic E-state index is -0.217. The maximum Gasteiger partial charge on any atom is 0.137 e. The van der Waals surface area contributed by atoms with Crippen LogP contribution >= 0.6 is 15.9 Å². The number of nitrogens with two attached hydrogens (primary N) is 1. The van der Waals surface area contributed by atoms with Gasteiger partial charge in [0, 0.05) is 6.04 Å². The molecule has 98 valence electrons. The lowest BCUT2D eigenvalue weighted by Gasteiger charge is -2.25. The van der Waals surface area contributed by atoms with E-state index in [0.29, 0.717) is 4.47 Å². The van der Waals surface area contributed by atoms with Crippen molar-refractivity contribution in [2.45, 2.75) is 38.1 Å². The van der Waals surface area contributed by atoms with Crippen molar-refractivity contribution < 1.29 is 4.39 Å². The topological polar surface area (TPSA) is 26.0 Å². The Morgan fingerprint density at radius 2 is 2.17 bits per heavy atom. The van der Waals surface area contributed by atoms with Crippen LogP contribution in [0.15, 0.2) is 22.7 Å². The lowest BCUT2D eigenvalue weighted by molar-refractivity contribution is 0.296.